The normalized spacial score (nSPS) is 12.1. The third-order valence-electron chi connectivity index (χ3n) is 13.2. The van der Waals surface area contributed by atoms with E-state index in [4.69, 9.17) is 9.97 Å². The Kier molecular flexibility index (Phi) is 7.05. The minimum atomic E-state index is 0.840. The average molecular weight is 802 g/mol. The Hall–Kier alpha value is -8.54. The topological polar surface area (TPSA) is 40.6 Å². The van der Waals surface area contributed by atoms with Crippen molar-refractivity contribution in [1.82, 2.24) is 23.7 Å². The number of hydrogen-bond donors (Lipinski definition) is 0. The van der Waals surface area contributed by atoms with E-state index in [9.17, 15) is 0 Å². The molecule has 0 N–H and O–H groups in total. The molecule has 292 valence electrons. The van der Waals surface area contributed by atoms with Crippen molar-refractivity contribution in [2.24, 2.45) is 0 Å². The van der Waals surface area contributed by atoms with Gasteiger partial charge in [0.15, 0.2) is 0 Å². The molecule has 0 aliphatic rings. The predicted octanol–water partition coefficient (Wildman–Crippen LogP) is 14.9. The summed E-state index contributed by atoms with van der Waals surface area (Å²) in [4.78, 5) is 10.5. The summed E-state index contributed by atoms with van der Waals surface area (Å²) in [6.45, 7) is 0. The molecule has 0 saturated carbocycles. The Labute approximate surface area is 360 Å². The molecule has 14 rings (SSSR count). The number of hydrogen-bond acceptors (Lipinski definition) is 2. The van der Waals surface area contributed by atoms with Gasteiger partial charge in [0.1, 0.15) is 0 Å². The standard InChI is InChI=1S/C58H35N5/c1-2-16-37(17-3-1)61-51-26-11-8-21-42(51)45-30-29-39(34-54(45)61)63-53-28-13-10-23-44(53)49-32-31-48-43-22-9-12-27-52(43)62(57(48)58(49)63)38-18-14-15-36(33-38)50-35-59-55-46-24-6-4-19-40(46)41-20-5-7-25-47(41)56(55)60-50/h1-35H. The molecule has 5 heteroatoms. The zero-order valence-corrected chi connectivity index (χ0v) is 33.9. The summed E-state index contributed by atoms with van der Waals surface area (Å²) in [5.41, 5.74) is 14.0. The van der Waals surface area contributed by atoms with Crippen molar-refractivity contribution < 1.29 is 0 Å². The molecule has 0 radical (unpaired) electrons. The van der Waals surface area contributed by atoms with Crippen LogP contribution in [0.15, 0.2) is 212 Å². The van der Waals surface area contributed by atoms with E-state index in [1.807, 2.05) is 6.20 Å². The molecule has 0 saturated heterocycles. The fourth-order valence-electron chi connectivity index (χ4n) is 10.6. The van der Waals surface area contributed by atoms with E-state index >= 15 is 0 Å². The highest BCUT2D eigenvalue weighted by molar-refractivity contribution is 6.25. The van der Waals surface area contributed by atoms with Crippen molar-refractivity contribution in [3.63, 3.8) is 0 Å². The van der Waals surface area contributed by atoms with Gasteiger partial charge in [0.2, 0.25) is 0 Å². The molecule has 4 aromatic heterocycles. The lowest BCUT2D eigenvalue weighted by Crippen LogP contribution is -2.00. The van der Waals surface area contributed by atoms with Gasteiger partial charge in [-0.3, -0.25) is 4.98 Å². The van der Waals surface area contributed by atoms with Crippen LogP contribution < -0.4 is 0 Å². The van der Waals surface area contributed by atoms with E-state index in [-0.39, 0.29) is 0 Å². The number of nitrogens with zero attached hydrogens (tertiary/aromatic N) is 5. The number of para-hydroxylation sites is 4. The number of benzene rings is 10. The van der Waals surface area contributed by atoms with E-state index in [1.54, 1.807) is 0 Å². The molecule has 63 heavy (non-hydrogen) atoms. The van der Waals surface area contributed by atoms with Crippen molar-refractivity contribution >= 4 is 98.0 Å². The SMILES string of the molecule is c1ccc(-n2c3ccccc3c3ccc(-n4c5ccccc5c5ccc6c7ccccc7n(-c7cccc(-c8cnc9c%10ccccc%10c%10ccccc%10c9n8)c7)c6c54)cc32)cc1. The van der Waals surface area contributed by atoms with Crippen LogP contribution in [0.25, 0.3) is 126 Å². The van der Waals surface area contributed by atoms with Crippen LogP contribution in [0.2, 0.25) is 0 Å². The van der Waals surface area contributed by atoms with Gasteiger partial charge in [-0.25, -0.2) is 4.98 Å². The van der Waals surface area contributed by atoms with Crippen LogP contribution in [-0.4, -0.2) is 23.7 Å². The van der Waals surface area contributed by atoms with Gasteiger partial charge in [-0.1, -0.05) is 152 Å². The van der Waals surface area contributed by atoms with Crippen molar-refractivity contribution in [2.75, 3.05) is 0 Å². The highest BCUT2D eigenvalue weighted by Crippen LogP contribution is 2.43. The minimum absolute atomic E-state index is 0.840. The Morgan fingerprint density at radius 2 is 0.746 bits per heavy atom. The third kappa shape index (κ3) is 4.82. The van der Waals surface area contributed by atoms with E-state index < -0.39 is 0 Å². The zero-order chi connectivity index (χ0) is 41.2. The van der Waals surface area contributed by atoms with Crippen LogP contribution in [0.5, 0.6) is 0 Å². The van der Waals surface area contributed by atoms with Crippen LogP contribution >= 0.6 is 0 Å². The second-order valence-corrected chi connectivity index (χ2v) is 16.5. The lowest BCUT2D eigenvalue weighted by atomic mass is 9.99. The summed E-state index contributed by atoms with van der Waals surface area (Å²) < 4.78 is 7.35. The van der Waals surface area contributed by atoms with Crippen molar-refractivity contribution in [3.05, 3.63) is 212 Å². The Bertz CT molecular complexity index is 4170. The smallest absolute Gasteiger partial charge is 0.0979 e. The fourth-order valence-corrected chi connectivity index (χ4v) is 10.6. The van der Waals surface area contributed by atoms with Crippen LogP contribution in [0.3, 0.4) is 0 Å². The lowest BCUT2D eigenvalue weighted by molar-refractivity contribution is 1.14. The maximum absolute atomic E-state index is 5.39. The molecule has 0 bridgehead atoms. The Morgan fingerprint density at radius 1 is 0.286 bits per heavy atom. The van der Waals surface area contributed by atoms with Gasteiger partial charge >= 0.3 is 0 Å². The van der Waals surface area contributed by atoms with Crippen molar-refractivity contribution in [1.29, 1.82) is 0 Å². The molecule has 0 aliphatic carbocycles. The van der Waals surface area contributed by atoms with Gasteiger partial charge < -0.3 is 13.7 Å². The summed E-state index contributed by atoms with van der Waals surface area (Å²) in [6.07, 6.45) is 1.94. The first-order chi connectivity index (χ1) is 31.3. The Morgan fingerprint density at radius 3 is 1.38 bits per heavy atom. The average Bonchev–Trinajstić information content (AvgIpc) is 4.00. The largest absolute Gasteiger partial charge is 0.309 e. The molecule has 0 atom stereocenters. The molecule has 0 fully saturated rings. The monoisotopic (exact) mass is 801 g/mol. The first kappa shape index (κ1) is 34.2. The van der Waals surface area contributed by atoms with E-state index in [0.29, 0.717) is 0 Å². The summed E-state index contributed by atoms with van der Waals surface area (Å²) in [5.74, 6) is 0. The molecular weight excluding hydrogens is 767 g/mol. The summed E-state index contributed by atoms with van der Waals surface area (Å²) in [5, 5.41) is 11.9. The molecule has 10 aromatic carbocycles. The molecule has 5 nitrogen and oxygen atoms in total. The first-order valence-electron chi connectivity index (χ1n) is 21.5. The number of aromatic nitrogens is 5. The van der Waals surface area contributed by atoms with Crippen molar-refractivity contribution in [3.8, 4) is 28.3 Å². The van der Waals surface area contributed by atoms with Gasteiger partial charge in [0.05, 0.1) is 56.0 Å². The fraction of sp³-hybridized carbons (Fsp3) is 0. The second kappa shape index (κ2) is 13.0. The van der Waals surface area contributed by atoms with Gasteiger partial charge in [-0.15, -0.1) is 0 Å². The summed E-state index contributed by atoms with van der Waals surface area (Å²) in [7, 11) is 0. The van der Waals surface area contributed by atoms with E-state index in [2.05, 4.69) is 220 Å². The molecule has 0 amide bonds. The van der Waals surface area contributed by atoms with Gasteiger partial charge in [0, 0.05) is 65.7 Å². The molecular formula is C58H35N5. The first-order valence-corrected chi connectivity index (χ1v) is 21.5. The Balaban J connectivity index is 1.05. The van der Waals surface area contributed by atoms with E-state index in [1.165, 1.54) is 65.2 Å². The van der Waals surface area contributed by atoms with Gasteiger partial charge in [0.25, 0.3) is 0 Å². The highest BCUT2D eigenvalue weighted by Gasteiger charge is 2.23. The number of rotatable bonds is 4. The predicted molar refractivity (Wildman–Crippen MR) is 263 cm³/mol. The van der Waals surface area contributed by atoms with Gasteiger partial charge in [-0.2, -0.15) is 0 Å². The van der Waals surface area contributed by atoms with Gasteiger partial charge in [-0.05, 0) is 65.4 Å². The maximum atomic E-state index is 5.39. The lowest BCUT2D eigenvalue weighted by Gasteiger charge is -2.14. The van der Waals surface area contributed by atoms with Crippen LogP contribution in [0.1, 0.15) is 0 Å². The van der Waals surface area contributed by atoms with Crippen molar-refractivity contribution in [2.45, 2.75) is 0 Å². The molecule has 0 spiro atoms. The third-order valence-corrected chi connectivity index (χ3v) is 13.2. The van der Waals surface area contributed by atoms with Crippen LogP contribution in [-0.2, 0) is 0 Å². The van der Waals surface area contributed by atoms with Crippen LogP contribution in [0, 0.1) is 0 Å². The minimum Gasteiger partial charge on any atom is -0.309 e. The molecule has 0 aliphatic heterocycles. The highest BCUT2D eigenvalue weighted by atomic mass is 15.1. The maximum Gasteiger partial charge on any atom is 0.0979 e. The molecule has 4 heterocycles. The second-order valence-electron chi connectivity index (χ2n) is 16.5. The quantitative estimate of drug-likeness (QED) is 0.166. The molecule has 14 aromatic rings. The molecule has 0 unspecified atom stereocenters. The summed E-state index contributed by atoms with van der Waals surface area (Å²) in [6, 6.07) is 74.6. The number of fused-ring (bicyclic) bond motifs is 16. The zero-order valence-electron chi connectivity index (χ0n) is 33.9. The van der Waals surface area contributed by atoms with Crippen LogP contribution in [0.4, 0.5) is 0 Å². The summed E-state index contributed by atoms with van der Waals surface area (Å²) >= 11 is 0. The van der Waals surface area contributed by atoms with E-state index in [0.717, 1.165) is 61.2 Å².